The quantitative estimate of drug-likeness (QED) is 0.0669. The number of aliphatic hydroxyl groups excluding tert-OH is 2. The zero-order chi connectivity index (χ0) is 40.5. The predicted molar refractivity (Wildman–Crippen MR) is 249 cm³/mol. The maximum absolute atomic E-state index is 9.63. The van der Waals surface area contributed by atoms with Gasteiger partial charge in [-0.15, -0.1) is 0 Å². The first-order valence-electron chi connectivity index (χ1n) is 22.9. The Labute approximate surface area is 358 Å². The fourth-order valence-corrected chi connectivity index (χ4v) is 11.0. The summed E-state index contributed by atoms with van der Waals surface area (Å²) in [6, 6.07) is 38.3. The summed E-state index contributed by atoms with van der Waals surface area (Å²) in [5, 5.41) is 19.3. The maximum atomic E-state index is 9.63. The molecule has 5 aromatic rings. The van der Waals surface area contributed by atoms with E-state index in [1.54, 1.807) is 5.56 Å². The molecule has 0 aliphatic heterocycles. The molecule has 306 valence electrons. The summed E-state index contributed by atoms with van der Waals surface area (Å²) in [5.41, 5.74) is 17.2. The summed E-state index contributed by atoms with van der Waals surface area (Å²) in [6.07, 6.45) is 21.4. The summed E-state index contributed by atoms with van der Waals surface area (Å²) >= 11 is 3.96. The van der Waals surface area contributed by atoms with Crippen LogP contribution in [0.4, 0.5) is 0 Å². The van der Waals surface area contributed by atoms with Crippen molar-refractivity contribution in [1.82, 2.24) is 0 Å². The van der Waals surface area contributed by atoms with Gasteiger partial charge in [-0.25, -0.2) is 0 Å². The van der Waals surface area contributed by atoms with Gasteiger partial charge in [-0.2, -0.15) is 0 Å². The van der Waals surface area contributed by atoms with E-state index in [1.165, 1.54) is 161 Å². The van der Waals surface area contributed by atoms with Crippen molar-refractivity contribution in [1.29, 1.82) is 0 Å². The van der Waals surface area contributed by atoms with Crippen molar-refractivity contribution < 1.29 is 10.2 Å². The molecule has 2 aliphatic carbocycles. The first kappa shape index (κ1) is 42.6. The van der Waals surface area contributed by atoms with Gasteiger partial charge in [0, 0.05) is 23.1 Å². The van der Waals surface area contributed by atoms with Crippen molar-refractivity contribution in [3.8, 4) is 22.3 Å². The number of hydrogen-bond donors (Lipinski definition) is 2. The lowest BCUT2D eigenvalue weighted by Gasteiger charge is -2.35. The molecule has 2 N–H and O–H groups in total. The molecule has 0 amide bonds. The minimum Gasteiger partial charge on any atom is -0.396 e. The number of rotatable bonds is 22. The summed E-state index contributed by atoms with van der Waals surface area (Å²) in [6.45, 7) is 7.28. The Morgan fingerprint density at radius 2 is 0.897 bits per heavy atom. The van der Waals surface area contributed by atoms with Gasteiger partial charge in [-0.1, -0.05) is 185 Å². The molecule has 2 aliphatic rings. The zero-order valence-corrected chi connectivity index (χ0v) is 37.2. The van der Waals surface area contributed by atoms with Crippen LogP contribution >= 0.6 is 15.9 Å². The number of aryl methyl sites for hydroxylation is 3. The van der Waals surface area contributed by atoms with Gasteiger partial charge in [0.25, 0.3) is 0 Å². The summed E-state index contributed by atoms with van der Waals surface area (Å²) in [4.78, 5) is 0. The molecule has 3 heteroatoms. The van der Waals surface area contributed by atoms with Crippen LogP contribution in [0.25, 0.3) is 22.3 Å². The normalized spacial score (nSPS) is 14.3. The lowest BCUT2D eigenvalue weighted by molar-refractivity contribution is 0.288. The molecule has 0 heterocycles. The van der Waals surface area contributed by atoms with Crippen LogP contribution in [0, 0.1) is 6.92 Å². The highest BCUT2D eigenvalue weighted by atomic mass is 79.9. The minimum absolute atomic E-state index is 0.0161. The largest absolute Gasteiger partial charge is 0.396 e. The third-order valence-electron chi connectivity index (χ3n) is 13.7. The predicted octanol–water partition coefficient (Wildman–Crippen LogP) is 14.7. The number of unbranched alkanes of at least 4 members (excludes halogenated alkanes) is 10. The van der Waals surface area contributed by atoms with E-state index in [1.807, 2.05) is 0 Å². The molecule has 58 heavy (non-hydrogen) atoms. The van der Waals surface area contributed by atoms with Gasteiger partial charge in [0.1, 0.15) is 0 Å². The second-order valence-corrected chi connectivity index (χ2v) is 18.5. The maximum Gasteiger partial charge on any atom is 0.0713 e. The topological polar surface area (TPSA) is 40.5 Å². The van der Waals surface area contributed by atoms with Crippen LogP contribution in [0.15, 0.2) is 102 Å². The minimum atomic E-state index is -0.504. The number of halogens is 1. The fraction of sp³-hybridized carbons (Fsp3) is 0.455. The van der Waals surface area contributed by atoms with Crippen LogP contribution in [-0.4, -0.2) is 23.4 Å². The highest BCUT2D eigenvalue weighted by Crippen LogP contribution is 2.62. The number of hydrogen-bond acceptors (Lipinski definition) is 2. The Kier molecular flexibility index (Phi) is 14.5. The number of benzene rings is 5. The number of fused-ring (bicyclic) bond motifs is 6. The molecule has 0 unspecified atom stereocenters. The molecule has 5 aromatic carbocycles. The highest BCUT2D eigenvalue weighted by Gasteiger charge is 2.50. The monoisotopic (exact) mass is 838 g/mol. The lowest BCUT2D eigenvalue weighted by Crippen LogP contribution is -2.29. The SMILES string of the molecule is CCCCCCCCC1(CCCCCCCC)c2cc(Br)ccc2-c2cc3c(cc21)-c1ccc(C)cc1C3(c1ccc(CCCO)cc1)c1ccc(CCCO)cc1. The van der Waals surface area contributed by atoms with E-state index < -0.39 is 5.41 Å². The van der Waals surface area contributed by atoms with Crippen LogP contribution in [0.3, 0.4) is 0 Å². The van der Waals surface area contributed by atoms with Crippen LogP contribution in [-0.2, 0) is 23.7 Å². The van der Waals surface area contributed by atoms with Gasteiger partial charge < -0.3 is 10.2 Å². The summed E-state index contributed by atoms with van der Waals surface area (Å²) in [7, 11) is 0. The molecule has 0 bridgehead atoms. The van der Waals surface area contributed by atoms with Gasteiger partial charge in [-0.3, -0.25) is 0 Å². The van der Waals surface area contributed by atoms with Crippen LogP contribution < -0.4 is 0 Å². The average molecular weight is 840 g/mol. The third kappa shape index (κ3) is 8.43. The van der Waals surface area contributed by atoms with Crippen molar-refractivity contribution in [2.24, 2.45) is 0 Å². The van der Waals surface area contributed by atoms with Gasteiger partial charge in [0.05, 0.1) is 5.41 Å². The summed E-state index contributed by atoms with van der Waals surface area (Å²) in [5.74, 6) is 0. The molecule has 7 rings (SSSR count). The first-order chi connectivity index (χ1) is 28.4. The molecule has 2 nitrogen and oxygen atoms in total. The Hall–Kier alpha value is -3.50. The molecule has 0 aromatic heterocycles. The second-order valence-electron chi connectivity index (χ2n) is 17.6. The van der Waals surface area contributed by atoms with E-state index in [0.717, 1.165) is 25.7 Å². The first-order valence-corrected chi connectivity index (χ1v) is 23.7. The van der Waals surface area contributed by atoms with Crippen LogP contribution in [0.5, 0.6) is 0 Å². The van der Waals surface area contributed by atoms with Crippen molar-refractivity contribution >= 4 is 15.9 Å². The Morgan fingerprint density at radius 3 is 1.45 bits per heavy atom. The van der Waals surface area contributed by atoms with E-state index in [0.29, 0.717) is 0 Å². The molecular formula is C55H67BrO2. The van der Waals surface area contributed by atoms with Crippen molar-refractivity contribution in [3.63, 3.8) is 0 Å². The Balaban J connectivity index is 1.44. The fourth-order valence-electron chi connectivity index (χ4n) is 10.7. The molecule has 0 saturated heterocycles. The standard InChI is InChI=1S/C55H67BrO2/c1-4-6-8-10-12-14-32-54(33-15-13-11-9-7-5-2)50-37-45(56)29-31-46(50)48-39-53-49(38-51(48)54)47-30-20-40(3)36-52(47)55(53,43-25-21-41(22-26-43)18-16-34-57)44-27-23-42(24-28-44)19-17-35-58/h20-31,36-39,57-58H,4-19,32-35H2,1-3H3. The lowest BCUT2D eigenvalue weighted by atomic mass is 9.66. The smallest absolute Gasteiger partial charge is 0.0713 e. The highest BCUT2D eigenvalue weighted by molar-refractivity contribution is 9.10. The van der Waals surface area contributed by atoms with E-state index in [4.69, 9.17) is 0 Å². The molecule has 0 atom stereocenters. The van der Waals surface area contributed by atoms with Crippen molar-refractivity contribution in [2.45, 2.75) is 147 Å². The average Bonchev–Trinajstić information content (AvgIpc) is 3.67. The molecule has 0 saturated carbocycles. The Bertz CT molecular complexity index is 2040. The van der Waals surface area contributed by atoms with Crippen LogP contribution in [0.1, 0.15) is 167 Å². The molecule has 0 spiro atoms. The van der Waals surface area contributed by atoms with Crippen molar-refractivity contribution in [3.05, 3.63) is 152 Å². The van der Waals surface area contributed by atoms with Gasteiger partial charge >= 0.3 is 0 Å². The molecular weight excluding hydrogens is 773 g/mol. The zero-order valence-electron chi connectivity index (χ0n) is 35.7. The molecule has 0 fully saturated rings. The van der Waals surface area contributed by atoms with E-state index in [-0.39, 0.29) is 18.6 Å². The van der Waals surface area contributed by atoms with E-state index in [9.17, 15) is 10.2 Å². The Morgan fingerprint density at radius 1 is 0.448 bits per heavy atom. The van der Waals surface area contributed by atoms with E-state index >= 15 is 0 Å². The third-order valence-corrected chi connectivity index (χ3v) is 14.2. The molecule has 0 radical (unpaired) electrons. The second kappa shape index (κ2) is 19.7. The van der Waals surface area contributed by atoms with Gasteiger partial charge in [0.15, 0.2) is 0 Å². The summed E-state index contributed by atoms with van der Waals surface area (Å²) < 4.78 is 1.18. The van der Waals surface area contributed by atoms with Gasteiger partial charge in [-0.05, 0) is 136 Å². The van der Waals surface area contributed by atoms with Crippen LogP contribution in [0.2, 0.25) is 0 Å². The van der Waals surface area contributed by atoms with Gasteiger partial charge in [0.2, 0.25) is 0 Å². The van der Waals surface area contributed by atoms with Crippen molar-refractivity contribution in [2.75, 3.05) is 13.2 Å². The van der Waals surface area contributed by atoms with E-state index in [2.05, 4.69) is 134 Å². The number of aliphatic hydroxyl groups is 2.